The fourth-order valence-electron chi connectivity index (χ4n) is 2.87. The van der Waals surface area contributed by atoms with Gasteiger partial charge in [0.1, 0.15) is 0 Å². The Morgan fingerprint density at radius 3 is 2.54 bits per heavy atom. The first kappa shape index (κ1) is 14.7. The molecule has 0 bridgehead atoms. The molecule has 0 atom stereocenters. The van der Waals surface area contributed by atoms with Crippen molar-refractivity contribution in [2.75, 3.05) is 31.1 Å². The monoisotopic (exact) mass is 322 g/mol. The minimum Gasteiger partial charge on any atom is -0.422 e. The third-order valence-electron chi connectivity index (χ3n) is 4.29. The van der Waals surface area contributed by atoms with Crippen molar-refractivity contribution in [1.29, 1.82) is 0 Å². The number of fused-ring (bicyclic) bond motifs is 1. The zero-order valence-electron chi connectivity index (χ0n) is 13.5. The van der Waals surface area contributed by atoms with E-state index in [1.807, 2.05) is 48.2 Å². The Labute approximate surface area is 139 Å². The number of benzene rings is 1. The van der Waals surface area contributed by atoms with Crippen molar-refractivity contribution in [2.45, 2.75) is 6.92 Å². The maximum absolute atomic E-state index is 12.6. The highest BCUT2D eigenvalue weighted by Gasteiger charge is 2.24. The molecule has 0 radical (unpaired) electrons. The van der Waals surface area contributed by atoms with Crippen molar-refractivity contribution in [2.24, 2.45) is 0 Å². The maximum Gasteiger partial charge on any atom is 0.300 e. The standard InChI is InChI=1S/C18H18N4O2/c1-13-4-6-14(7-5-13)17(23)21-9-11-22(12-10-21)18-20-16-15(24-18)3-2-8-19-16/h2-8H,9-12H2,1H3. The summed E-state index contributed by atoms with van der Waals surface area (Å²) in [6.07, 6.45) is 1.70. The number of oxazole rings is 1. The summed E-state index contributed by atoms with van der Waals surface area (Å²) in [7, 11) is 0. The lowest BCUT2D eigenvalue weighted by Crippen LogP contribution is -2.48. The van der Waals surface area contributed by atoms with Gasteiger partial charge in [0.25, 0.3) is 11.9 Å². The van der Waals surface area contributed by atoms with Crippen LogP contribution in [0.15, 0.2) is 47.0 Å². The minimum atomic E-state index is 0.0777. The molecule has 1 fully saturated rings. The topological polar surface area (TPSA) is 62.5 Å². The van der Waals surface area contributed by atoms with Gasteiger partial charge in [-0.25, -0.2) is 4.98 Å². The molecule has 6 nitrogen and oxygen atoms in total. The molecule has 6 heteroatoms. The number of piperazine rings is 1. The molecule has 1 aliphatic rings. The number of carbonyl (C=O) groups is 1. The van der Waals surface area contributed by atoms with Crippen LogP contribution in [0.5, 0.6) is 0 Å². The highest BCUT2D eigenvalue weighted by atomic mass is 16.4. The first-order valence-electron chi connectivity index (χ1n) is 8.03. The Balaban J connectivity index is 1.44. The quantitative estimate of drug-likeness (QED) is 0.725. The number of nitrogens with zero attached hydrogens (tertiary/aromatic N) is 4. The molecule has 24 heavy (non-hydrogen) atoms. The van der Waals surface area contributed by atoms with Gasteiger partial charge in [-0.3, -0.25) is 4.79 Å². The van der Waals surface area contributed by atoms with E-state index in [9.17, 15) is 4.79 Å². The molecule has 1 aliphatic heterocycles. The van der Waals surface area contributed by atoms with Gasteiger partial charge in [0, 0.05) is 37.9 Å². The van der Waals surface area contributed by atoms with E-state index in [-0.39, 0.29) is 5.91 Å². The van der Waals surface area contributed by atoms with E-state index in [1.54, 1.807) is 6.20 Å². The van der Waals surface area contributed by atoms with Crippen LogP contribution in [0.25, 0.3) is 11.2 Å². The largest absolute Gasteiger partial charge is 0.422 e. The fraction of sp³-hybridized carbons (Fsp3) is 0.278. The second-order valence-corrected chi connectivity index (χ2v) is 5.97. The van der Waals surface area contributed by atoms with E-state index in [4.69, 9.17) is 4.42 Å². The number of hydrogen-bond acceptors (Lipinski definition) is 5. The van der Waals surface area contributed by atoms with Crippen molar-refractivity contribution in [3.63, 3.8) is 0 Å². The van der Waals surface area contributed by atoms with E-state index in [0.717, 1.165) is 11.1 Å². The molecule has 0 aliphatic carbocycles. The van der Waals surface area contributed by atoms with Gasteiger partial charge in [0.15, 0.2) is 5.58 Å². The average molecular weight is 322 g/mol. The van der Waals surface area contributed by atoms with E-state index in [1.165, 1.54) is 0 Å². The third kappa shape index (κ3) is 2.71. The number of carbonyl (C=O) groups excluding carboxylic acids is 1. The number of pyridine rings is 1. The number of aryl methyl sites for hydroxylation is 1. The Bertz CT molecular complexity index is 831. The zero-order chi connectivity index (χ0) is 16.5. The molecule has 122 valence electrons. The van der Waals surface area contributed by atoms with Crippen LogP contribution >= 0.6 is 0 Å². The molecule has 0 unspecified atom stereocenters. The van der Waals surface area contributed by atoms with Crippen LogP contribution < -0.4 is 4.90 Å². The summed E-state index contributed by atoms with van der Waals surface area (Å²) in [5.41, 5.74) is 3.19. The van der Waals surface area contributed by atoms with E-state index < -0.39 is 0 Å². The second-order valence-electron chi connectivity index (χ2n) is 5.97. The van der Waals surface area contributed by atoms with Crippen molar-refractivity contribution in [3.8, 4) is 0 Å². The van der Waals surface area contributed by atoms with Gasteiger partial charge in [-0.1, -0.05) is 17.7 Å². The van der Waals surface area contributed by atoms with Crippen LogP contribution in [0, 0.1) is 6.92 Å². The smallest absolute Gasteiger partial charge is 0.300 e. The van der Waals surface area contributed by atoms with E-state index in [0.29, 0.717) is 43.4 Å². The summed E-state index contributed by atoms with van der Waals surface area (Å²) in [4.78, 5) is 25.1. The lowest BCUT2D eigenvalue weighted by atomic mass is 10.1. The number of amides is 1. The molecule has 4 rings (SSSR count). The normalized spacial score (nSPS) is 15.0. The number of aromatic nitrogens is 2. The lowest BCUT2D eigenvalue weighted by Gasteiger charge is -2.33. The van der Waals surface area contributed by atoms with Crippen LogP contribution in [-0.2, 0) is 0 Å². The van der Waals surface area contributed by atoms with Crippen LogP contribution in [-0.4, -0.2) is 47.0 Å². The van der Waals surface area contributed by atoms with Gasteiger partial charge in [-0.05, 0) is 31.2 Å². The van der Waals surface area contributed by atoms with Crippen LogP contribution in [0.2, 0.25) is 0 Å². The van der Waals surface area contributed by atoms with Crippen molar-refractivity contribution in [3.05, 3.63) is 53.7 Å². The Morgan fingerprint density at radius 2 is 1.83 bits per heavy atom. The Hall–Kier alpha value is -2.89. The first-order chi connectivity index (χ1) is 11.7. The highest BCUT2D eigenvalue weighted by molar-refractivity contribution is 5.94. The third-order valence-corrected chi connectivity index (χ3v) is 4.29. The molecule has 1 amide bonds. The van der Waals surface area contributed by atoms with Gasteiger partial charge < -0.3 is 14.2 Å². The predicted molar refractivity (Wildman–Crippen MR) is 91.1 cm³/mol. The maximum atomic E-state index is 12.6. The van der Waals surface area contributed by atoms with E-state index in [2.05, 4.69) is 14.9 Å². The SMILES string of the molecule is Cc1ccc(C(=O)N2CCN(c3nc4ncccc4o3)CC2)cc1. The summed E-state index contributed by atoms with van der Waals surface area (Å²) in [5.74, 6) is 0.0777. The summed E-state index contributed by atoms with van der Waals surface area (Å²) in [6, 6.07) is 12.0. The van der Waals surface area contributed by atoms with Gasteiger partial charge in [0.2, 0.25) is 5.65 Å². The summed E-state index contributed by atoms with van der Waals surface area (Å²) >= 11 is 0. The Morgan fingerprint density at radius 1 is 1.08 bits per heavy atom. The van der Waals surface area contributed by atoms with Crippen molar-refractivity contribution >= 4 is 23.2 Å². The molecule has 0 spiro atoms. The first-order valence-corrected chi connectivity index (χ1v) is 8.03. The summed E-state index contributed by atoms with van der Waals surface area (Å²) < 4.78 is 5.75. The number of hydrogen-bond donors (Lipinski definition) is 0. The van der Waals surface area contributed by atoms with Gasteiger partial charge in [0.05, 0.1) is 0 Å². The van der Waals surface area contributed by atoms with Gasteiger partial charge in [-0.15, -0.1) is 0 Å². The summed E-state index contributed by atoms with van der Waals surface area (Å²) in [5, 5.41) is 0. The van der Waals surface area contributed by atoms with Crippen molar-refractivity contribution < 1.29 is 9.21 Å². The van der Waals surface area contributed by atoms with Crippen molar-refractivity contribution in [1.82, 2.24) is 14.9 Å². The molecule has 0 saturated carbocycles. The molecule has 2 aromatic heterocycles. The minimum absolute atomic E-state index is 0.0777. The Kier molecular flexibility index (Phi) is 3.65. The number of rotatable bonds is 2. The summed E-state index contributed by atoms with van der Waals surface area (Å²) in [6.45, 7) is 4.72. The lowest BCUT2D eigenvalue weighted by molar-refractivity contribution is 0.0745. The molecular formula is C18H18N4O2. The molecular weight excluding hydrogens is 304 g/mol. The van der Waals surface area contributed by atoms with Gasteiger partial charge >= 0.3 is 0 Å². The highest BCUT2D eigenvalue weighted by Crippen LogP contribution is 2.21. The van der Waals surface area contributed by atoms with Crippen LogP contribution in [0.4, 0.5) is 6.01 Å². The van der Waals surface area contributed by atoms with Crippen LogP contribution in [0.1, 0.15) is 15.9 Å². The molecule has 3 heterocycles. The molecule has 3 aromatic rings. The zero-order valence-corrected chi connectivity index (χ0v) is 13.5. The van der Waals surface area contributed by atoms with Crippen LogP contribution in [0.3, 0.4) is 0 Å². The van der Waals surface area contributed by atoms with E-state index >= 15 is 0 Å². The number of anilines is 1. The van der Waals surface area contributed by atoms with Gasteiger partial charge in [-0.2, -0.15) is 4.98 Å². The average Bonchev–Trinajstić information content (AvgIpc) is 3.06. The second kappa shape index (κ2) is 5.96. The molecule has 1 aromatic carbocycles. The molecule has 0 N–H and O–H groups in total. The fourth-order valence-corrected chi connectivity index (χ4v) is 2.87. The molecule has 1 saturated heterocycles. The predicted octanol–water partition coefficient (Wildman–Crippen LogP) is 2.49.